The number of amides is 3. The van der Waals surface area contributed by atoms with Gasteiger partial charge in [-0.15, -0.1) is 0 Å². The quantitative estimate of drug-likeness (QED) is 0.560. The molecule has 1 heterocycles. The second-order valence-corrected chi connectivity index (χ2v) is 8.50. The molecule has 0 radical (unpaired) electrons. The van der Waals surface area contributed by atoms with Crippen molar-refractivity contribution >= 4 is 17.6 Å². The molecule has 3 amide bonds. The third-order valence-electron chi connectivity index (χ3n) is 5.66. The molecule has 0 saturated carbocycles. The van der Waals surface area contributed by atoms with Crippen molar-refractivity contribution in [1.29, 1.82) is 0 Å². The number of carbonyl (C=O) groups is 2. The summed E-state index contributed by atoms with van der Waals surface area (Å²) in [6, 6.07) is 14.4. The van der Waals surface area contributed by atoms with Crippen molar-refractivity contribution in [3.05, 3.63) is 59.7 Å². The fourth-order valence-corrected chi connectivity index (χ4v) is 3.93. The summed E-state index contributed by atoms with van der Waals surface area (Å²) in [6.07, 6.45) is 0.496. The van der Waals surface area contributed by atoms with E-state index >= 15 is 0 Å². The van der Waals surface area contributed by atoms with Gasteiger partial charge >= 0.3 is 6.03 Å². The van der Waals surface area contributed by atoms with Crippen LogP contribution in [0.15, 0.2) is 53.6 Å². The second kappa shape index (κ2) is 12.2. The molecular formula is C26H34N4O5. The van der Waals surface area contributed by atoms with E-state index in [4.69, 9.17) is 19.3 Å². The van der Waals surface area contributed by atoms with E-state index < -0.39 is 0 Å². The van der Waals surface area contributed by atoms with Gasteiger partial charge in [-0.25, -0.2) is 9.80 Å². The van der Waals surface area contributed by atoms with Crippen LogP contribution in [-0.2, 0) is 9.53 Å². The van der Waals surface area contributed by atoms with Crippen LogP contribution >= 0.6 is 0 Å². The Labute approximate surface area is 206 Å². The van der Waals surface area contributed by atoms with Crippen molar-refractivity contribution in [2.24, 2.45) is 5.10 Å². The molecule has 0 unspecified atom stereocenters. The zero-order valence-corrected chi connectivity index (χ0v) is 21.0. The molecule has 0 spiro atoms. The number of hydrogen-bond donors (Lipinski definition) is 1. The number of nitrogens with one attached hydrogen (secondary N) is 1. The monoisotopic (exact) mass is 482 g/mol. The van der Waals surface area contributed by atoms with Gasteiger partial charge in [-0.2, -0.15) is 5.10 Å². The van der Waals surface area contributed by atoms with Crippen LogP contribution in [-0.4, -0.2) is 74.6 Å². The van der Waals surface area contributed by atoms with Crippen LogP contribution in [0.1, 0.15) is 37.4 Å². The highest BCUT2D eigenvalue weighted by Gasteiger charge is 2.36. The standard InChI is InChI=1S/C26H34N4O5/c1-18(2)27-26(32)29(13-14-33-3)17-25(31)30-23(21-11-6-7-12-24(21)35-5)16-22(28-30)19-9-8-10-20(15-19)34-4/h6-12,15,18,23H,13-14,16-17H2,1-5H3,(H,27,32)/t23-/m1/s1. The highest BCUT2D eigenvalue weighted by atomic mass is 16.5. The highest BCUT2D eigenvalue weighted by Crippen LogP contribution is 2.37. The third kappa shape index (κ3) is 6.51. The van der Waals surface area contributed by atoms with Gasteiger partial charge in [0.25, 0.3) is 5.91 Å². The van der Waals surface area contributed by atoms with Gasteiger partial charge < -0.3 is 24.4 Å². The van der Waals surface area contributed by atoms with Crippen molar-refractivity contribution in [3.63, 3.8) is 0 Å². The second-order valence-electron chi connectivity index (χ2n) is 8.50. The molecule has 2 aromatic carbocycles. The number of para-hydroxylation sites is 1. The summed E-state index contributed by atoms with van der Waals surface area (Å²) >= 11 is 0. The number of carbonyl (C=O) groups excluding carboxylic acids is 2. The smallest absolute Gasteiger partial charge is 0.318 e. The third-order valence-corrected chi connectivity index (χ3v) is 5.66. The van der Waals surface area contributed by atoms with Gasteiger partial charge in [-0.1, -0.05) is 30.3 Å². The summed E-state index contributed by atoms with van der Waals surface area (Å²) in [5.41, 5.74) is 2.47. The molecule has 1 aliphatic heterocycles. The Balaban J connectivity index is 1.94. The molecular weight excluding hydrogens is 448 g/mol. The van der Waals surface area contributed by atoms with E-state index in [2.05, 4.69) is 5.32 Å². The first-order valence-corrected chi connectivity index (χ1v) is 11.6. The molecule has 2 aromatic rings. The normalized spacial score (nSPS) is 15.1. The molecule has 9 heteroatoms. The summed E-state index contributed by atoms with van der Waals surface area (Å²) < 4.78 is 16.1. The predicted octanol–water partition coefficient (Wildman–Crippen LogP) is 3.45. The van der Waals surface area contributed by atoms with E-state index in [1.165, 1.54) is 9.91 Å². The first-order valence-electron chi connectivity index (χ1n) is 11.6. The maximum Gasteiger partial charge on any atom is 0.318 e. The summed E-state index contributed by atoms with van der Waals surface area (Å²) in [5, 5.41) is 9.03. The molecule has 9 nitrogen and oxygen atoms in total. The zero-order chi connectivity index (χ0) is 25.4. The lowest BCUT2D eigenvalue weighted by atomic mass is 9.97. The Kier molecular flexibility index (Phi) is 9.08. The molecule has 0 aromatic heterocycles. The van der Waals surface area contributed by atoms with E-state index in [1.54, 1.807) is 21.3 Å². The molecule has 1 atom stereocenters. The molecule has 0 aliphatic carbocycles. The molecule has 35 heavy (non-hydrogen) atoms. The molecule has 0 saturated heterocycles. The average molecular weight is 483 g/mol. The number of hydrazone groups is 1. The Morgan fingerprint density at radius 1 is 1.11 bits per heavy atom. The number of hydrogen-bond acceptors (Lipinski definition) is 6. The largest absolute Gasteiger partial charge is 0.497 e. The minimum atomic E-state index is -0.378. The number of rotatable bonds is 10. The van der Waals surface area contributed by atoms with E-state index in [9.17, 15) is 9.59 Å². The van der Waals surface area contributed by atoms with Crippen LogP contribution in [0.4, 0.5) is 4.79 Å². The fourth-order valence-electron chi connectivity index (χ4n) is 3.93. The van der Waals surface area contributed by atoms with Crippen LogP contribution in [0.5, 0.6) is 11.5 Å². The molecule has 3 rings (SSSR count). The van der Waals surface area contributed by atoms with Crippen LogP contribution < -0.4 is 14.8 Å². The van der Waals surface area contributed by atoms with Gasteiger partial charge in [0.15, 0.2) is 0 Å². The van der Waals surface area contributed by atoms with Gasteiger partial charge in [0.1, 0.15) is 18.0 Å². The topological polar surface area (TPSA) is 92.7 Å². The molecule has 188 valence electrons. The number of benzene rings is 2. The minimum absolute atomic E-state index is 0.0616. The van der Waals surface area contributed by atoms with Gasteiger partial charge in [0, 0.05) is 37.2 Å². The van der Waals surface area contributed by atoms with E-state index in [0.29, 0.717) is 24.5 Å². The van der Waals surface area contributed by atoms with Gasteiger partial charge in [0.05, 0.1) is 32.6 Å². The maximum absolute atomic E-state index is 13.6. The highest BCUT2D eigenvalue weighted by molar-refractivity contribution is 6.03. The van der Waals surface area contributed by atoms with Gasteiger partial charge in [-0.3, -0.25) is 4.79 Å². The number of nitrogens with zero attached hydrogens (tertiary/aromatic N) is 3. The van der Waals surface area contributed by atoms with Gasteiger partial charge in [0.2, 0.25) is 0 Å². The van der Waals surface area contributed by atoms with E-state index in [0.717, 1.165) is 16.8 Å². The number of ether oxygens (including phenoxy) is 3. The van der Waals surface area contributed by atoms with Crippen molar-refractivity contribution in [3.8, 4) is 11.5 Å². The Hall–Kier alpha value is -3.59. The minimum Gasteiger partial charge on any atom is -0.497 e. The summed E-state index contributed by atoms with van der Waals surface area (Å²) in [4.78, 5) is 27.8. The predicted molar refractivity (Wildman–Crippen MR) is 134 cm³/mol. The fraction of sp³-hybridized carbons (Fsp3) is 0.423. The summed E-state index contributed by atoms with van der Waals surface area (Å²) in [6.45, 7) is 4.20. The first kappa shape index (κ1) is 26.0. The van der Waals surface area contributed by atoms with Crippen LogP contribution in [0.2, 0.25) is 0 Å². The van der Waals surface area contributed by atoms with Gasteiger partial charge in [-0.05, 0) is 32.0 Å². The lowest BCUT2D eigenvalue weighted by Gasteiger charge is -2.28. The number of urea groups is 1. The lowest BCUT2D eigenvalue weighted by molar-refractivity contribution is -0.133. The SMILES string of the molecule is COCCN(CC(=O)N1N=C(c2cccc(OC)c2)C[C@@H]1c1ccccc1OC)C(=O)NC(C)C. The lowest BCUT2D eigenvalue weighted by Crippen LogP contribution is -2.48. The Morgan fingerprint density at radius 2 is 1.89 bits per heavy atom. The Bertz CT molecular complexity index is 1060. The molecule has 0 fully saturated rings. The van der Waals surface area contributed by atoms with E-state index in [-0.39, 0.29) is 37.1 Å². The number of methoxy groups -OCH3 is 3. The summed E-state index contributed by atoms with van der Waals surface area (Å²) in [7, 11) is 4.77. The van der Waals surface area contributed by atoms with Crippen molar-refractivity contribution in [2.45, 2.75) is 32.4 Å². The average Bonchev–Trinajstić information content (AvgIpc) is 3.31. The van der Waals surface area contributed by atoms with Crippen LogP contribution in [0.25, 0.3) is 0 Å². The van der Waals surface area contributed by atoms with Crippen molar-refractivity contribution in [2.75, 3.05) is 41.0 Å². The van der Waals surface area contributed by atoms with E-state index in [1.807, 2.05) is 62.4 Å². The summed E-state index contributed by atoms with van der Waals surface area (Å²) in [5.74, 6) is 1.08. The van der Waals surface area contributed by atoms with Crippen molar-refractivity contribution in [1.82, 2.24) is 15.2 Å². The molecule has 0 bridgehead atoms. The zero-order valence-electron chi connectivity index (χ0n) is 21.0. The first-order chi connectivity index (χ1) is 16.9. The van der Waals surface area contributed by atoms with Crippen LogP contribution in [0, 0.1) is 0 Å². The van der Waals surface area contributed by atoms with Crippen LogP contribution in [0.3, 0.4) is 0 Å². The maximum atomic E-state index is 13.6. The molecule has 1 N–H and O–H groups in total. The van der Waals surface area contributed by atoms with Crippen molar-refractivity contribution < 1.29 is 23.8 Å². The Morgan fingerprint density at radius 3 is 2.57 bits per heavy atom. The molecule has 1 aliphatic rings.